The minimum Gasteiger partial charge on any atom is -0.370 e. The summed E-state index contributed by atoms with van der Waals surface area (Å²) in [5.41, 5.74) is 3.50. The van der Waals surface area contributed by atoms with E-state index in [4.69, 9.17) is 14.7 Å². The lowest BCUT2D eigenvalue weighted by atomic mass is 9.98. The molecule has 1 fully saturated rings. The molecule has 1 aromatic rings. The number of hydrogen-bond donors (Lipinski definition) is 1. The van der Waals surface area contributed by atoms with Crippen molar-refractivity contribution in [2.45, 2.75) is 64.4 Å². The second kappa shape index (κ2) is 7.32. The Morgan fingerprint density at radius 2 is 1.67 bits per heavy atom. The molecule has 4 nitrogen and oxygen atoms in total. The largest absolute Gasteiger partial charge is 0.370 e. The lowest BCUT2D eigenvalue weighted by Gasteiger charge is -2.27. The molecule has 0 amide bonds. The first-order valence-electron chi connectivity index (χ1n) is 8.29. The molecule has 1 aliphatic carbocycles. The summed E-state index contributed by atoms with van der Waals surface area (Å²) < 4.78 is 5.87. The van der Waals surface area contributed by atoms with Gasteiger partial charge in [-0.2, -0.15) is 0 Å². The molecule has 1 heterocycles. The van der Waals surface area contributed by atoms with Crippen LogP contribution in [0.1, 0.15) is 62.3 Å². The maximum absolute atomic E-state index is 5.87. The Hall–Kier alpha value is -1.00. The fourth-order valence-electron chi connectivity index (χ4n) is 3.37. The number of hydrogen-bond acceptors (Lipinski definition) is 4. The Morgan fingerprint density at radius 1 is 1.10 bits per heavy atom. The molecule has 2 rings (SSSR count). The average Bonchev–Trinajstić information content (AvgIpc) is 3.02. The first kappa shape index (κ1) is 16.4. The van der Waals surface area contributed by atoms with E-state index in [1.165, 1.54) is 29.8 Å². The van der Waals surface area contributed by atoms with Crippen LogP contribution in [0.15, 0.2) is 0 Å². The molecule has 0 atom stereocenters. The molecule has 1 saturated carbocycles. The maximum Gasteiger partial charge on any atom is 0.160 e. The molecule has 0 unspecified atom stereocenters. The van der Waals surface area contributed by atoms with Crippen LogP contribution in [-0.4, -0.2) is 30.7 Å². The van der Waals surface area contributed by atoms with E-state index in [1.807, 2.05) is 7.05 Å². The molecule has 0 spiro atoms. The molecule has 0 aliphatic heterocycles. The van der Waals surface area contributed by atoms with Gasteiger partial charge < -0.3 is 10.1 Å². The molecule has 4 heteroatoms. The van der Waals surface area contributed by atoms with Gasteiger partial charge in [-0.15, -0.1) is 0 Å². The summed E-state index contributed by atoms with van der Waals surface area (Å²) in [5, 5.41) is 3.23. The van der Waals surface area contributed by atoms with E-state index in [-0.39, 0.29) is 5.60 Å². The van der Waals surface area contributed by atoms with Crippen molar-refractivity contribution in [2.24, 2.45) is 0 Å². The van der Waals surface area contributed by atoms with Gasteiger partial charge in [0, 0.05) is 18.5 Å². The average molecular weight is 291 g/mol. The summed E-state index contributed by atoms with van der Waals surface area (Å²) in [6, 6.07) is 0. The molecule has 21 heavy (non-hydrogen) atoms. The number of methoxy groups -OCH3 is 1. The fraction of sp³-hybridized carbons (Fsp3) is 0.765. The van der Waals surface area contributed by atoms with Crippen molar-refractivity contribution in [1.82, 2.24) is 15.3 Å². The zero-order chi connectivity index (χ0) is 15.3. The first-order valence-corrected chi connectivity index (χ1v) is 8.29. The lowest BCUT2D eigenvalue weighted by molar-refractivity contribution is -0.0166. The van der Waals surface area contributed by atoms with Crippen LogP contribution in [0.4, 0.5) is 0 Å². The molecular formula is C17H29N3O. The van der Waals surface area contributed by atoms with Crippen molar-refractivity contribution in [3.63, 3.8) is 0 Å². The minimum absolute atomic E-state index is 0.241. The van der Waals surface area contributed by atoms with Gasteiger partial charge in [-0.3, -0.25) is 0 Å². The van der Waals surface area contributed by atoms with Crippen LogP contribution in [-0.2, 0) is 29.6 Å². The fourth-order valence-corrected chi connectivity index (χ4v) is 3.37. The van der Waals surface area contributed by atoms with E-state index < -0.39 is 0 Å². The SMILES string of the molecule is CCc1nc(C2(OC)CCCC2)nc(CC)c1CCNC. The van der Waals surface area contributed by atoms with Gasteiger partial charge in [-0.25, -0.2) is 9.97 Å². The second-order valence-electron chi connectivity index (χ2n) is 5.89. The highest BCUT2D eigenvalue weighted by molar-refractivity contribution is 5.28. The van der Waals surface area contributed by atoms with Crippen LogP contribution in [0.25, 0.3) is 0 Å². The molecule has 0 aromatic carbocycles. The van der Waals surface area contributed by atoms with Gasteiger partial charge in [0.2, 0.25) is 0 Å². The molecule has 1 N–H and O–H groups in total. The quantitative estimate of drug-likeness (QED) is 0.839. The monoisotopic (exact) mass is 291 g/mol. The Bertz CT molecular complexity index is 442. The van der Waals surface area contributed by atoms with Crippen molar-refractivity contribution < 1.29 is 4.74 Å². The highest BCUT2D eigenvalue weighted by atomic mass is 16.5. The number of nitrogens with zero attached hydrogens (tertiary/aromatic N) is 2. The van der Waals surface area contributed by atoms with Crippen molar-refractivity contribution in [3.8, 4) is 0 Å². The van der Waals surface area contributed by atoms with E-state index in [2.05, 4.69) is 19.2 Å². The van der Waals surface area contributed by atoms with Gasteiger partial charge in [0.05, 0.1) is 0 Å². The van der Waals surface area contributed by atoms with Crippen LogP contribution in [0.3, 0.4) is 0 Å². The third-order valence-electron chi connectivity index (χ3n) is 4.68. The smallest absolute Gasteiger partial charge is 0.160 e. The molecule has 0 bridgehead atoms. The van der Waals surface area contributed by atoms with E-state index in [0.717, 1.165) is 44.5 Å². The van der Waals surface area contributed by atoms with Crippen LogP contribution in [0.5, 0.6) is 0 Å². The van der Waals surface area contributed by atoms with Crippen molar-refractivity contribution in [2.75, 3.05) is 20.7 Å². The van der Waals surface area contributed by atoms with E-state index in [9.17, 15) is 0 Å². The van der Waals surface area contributed by atoms with Gasteiger partial charge >= 0.3 is 0 Å². The van der Waals surface area contributed by atoms with Crippen molar-refractivity contribution >= 4 is 0 Å². The zero-order valence-corrected chi connectivity index (χ0v) is 14.0. The molecule has 1 aromatic heterocycles. The lowest BCUT2D eigenvalue weighted by Crippen LogP contribution is -2.29. The zero-order valence-electron chi connectivity index (χ0n) is 14.0. The summed E-state index contributed by atoms with van der Waals surface area (Å²) in [5.74, 6) is 0.921. The topological polar surface area (TPSA) is 47.0 Å². The normalized spacial score (nSPS) is 17.3. The summed E-state index contributed by atoms with van der Waals surface area (Å²) in [4.78, 5) is 9.83. The van der Waals surface area contributed by atoms with Crippen molar-refractivity contribution in [1.29, 1.82) is 0 Å². The maximum atomic E-state index is 5.87. The number of ether oxygens (including phenoxy) is 1. The molecule has 0 saturated heterocycles. The van der Waals surface area contributed by atoms with Crippen LogP contribution in [0.2, 0.25) is 0 Å². The van der Waals surface area contributed by atoms with Gasteiger partial charge in [0.15, 0.2) is 5.82 Å². The summed E-state index contributed by atoms with van der Waals surface area (Å²) >= 11 is 0. The Labute approximate surface area is 128 Å². The first-order chi connectivity index (χ1) is 10.2. The summed E-state index contributed by atoms with van der Waals surface area (Å²) in [7, 11) is 3.80. The third-order valence-corrected chi connectivity index (χ3v) is 4.68. The minimum atomic E-state index is -0.241. The summed E-state index contributed by atoms with van der Waals surface area (Å²) in [6.07, 6.45) is 7.44. The Kier molecular flexibility index (Phi) is 5.71. The van der Waals surface area contributed by atoms with E-state index in [1.54, 1.807) is 7.11 Å². The van der Waals surface area contributed by atoms with Gasteiger partial charge in [-0.05, 0) is 64.1 Å². The highest BCUT2D eigenvalue weighted by Crippen LogP contribution is 2.40. The number of aryl methyl sites for hydroxylation is 2. The Balaban J connectivity index is 2.44. The molecular weight excluding hydrogens is 262 g/mol. The number of likely N-dealkylation sites (N-methyl/N-ethyl adjacent to an activating group) is 1. The number of rotatable bonds is 7. The van der Waals surface area contributed by atoms with E-state index >= 15 is 0 Å². The number of aromatic nitrogens is 2. The summed E-state index contributed by atoms with van der Waals surface area (Å²) in [6.45, 7) is 5.34. The number of nitrogens with one attached hydrogen (secondary N) is 1. The van der Waals surface area contributed by atoms with Gasteiger partial charge in [0.1, 0.15) is 5.60 Å². The molecule has 118 valence electrons. The van der Waals surface area contributed by atoms with Crippen LogP contribution < -0.4 is 5.32 Å². The van der Waals surface area contributed by atoms with Crippen LogP contribution in [0, 0.1) is 0 Å². The van der Waals surface area contributed by atoms with Crippen LogP contribution >= 0.6 is 0 Å². The molecule has 1 aliphatic rings. The third kappa shape index (κ3) is 3.27. The standard InChI is InChI=1S/C17H29N3O/c1-5-14-13(9-12-18-3)15(6-2)20-16(19-14)17(21-4)10-7-8-11-17/h18H,5-12H2,1-4H3. The Morgan fingerprint density at radius 3 is 2.10 bits per heavy atom. The predicted octanol–water partition coefficient (Wildman–Crippen LogP) is 2.78. The second-order valence-corrected chi connectivity index (χ2v) is 5.89. The van der Waals surface area contributed by atoms with Gasteiger partial charge in [-0.1, -0.05) is 13.8 Å². The van der Waals surface area contributed by atoms with Gasteiger partial charge in [0.25, 0.3) is 0 Å². The highest BCUT2D eigenvalue weighted by Gasteiger charge is 2.39. The molecule has 0 radical (unpaired) electrons. The predicted molar refractivity (Wildman–Crippen MR) is 85.6 cm³/mol. The van der Waals surface area contributed by atoms with E-state index in [0.29, 0.717) is 0 Å². The van der Waals surface area contributed by atoms with Crippen molar-refractivity contribution in [3.05, 3.63) is 22.8 Å².